The zero-order valence-corrected chi connectivity index (χ0v) is 14.1. The molecule has 0 fully saturated rings. The highest BCUT2D eigenvalue weighted by atomic mass is 16.2. The van der Waals surface area contributed by atoms with Crippen molar-refractivity contribution < 1.29 is 9.59 Å². The molecule has 0 atom stereocenters. The number of carbonyl (C=O) groups is 2. The number of hydrogen-bond donors (Lipinski definition) is 0. The Morgan fingerprint density at radius 3 is 1.85 bits per heavy atom. The molecule has 0 heterocycles. The van der Waals surface area contributed by atoms with E-state index in [4.69, 9.17) is 0 Å². The fraction of sp³-hybridized carbons (Fsp3) is 0.882. The van der Waals surface area contributed by atoms with Gasteiger partial charge in [0.1, 0.15) is 5.78 Å². The first-order valence-corrected chi connectivity index (χ1v) is 8.11. The lowest BCUT2D eigenvalue weighted by molar-refractivity contribution is -0.130. The van der Waals surface area contributed by atoms with Crippen LogP contribution in [0.4, 0.5) is 0 Å². The normalized spacial score (nSPS) is 11.2. The highest BCUT2D eigenvalue weighted by Crippen LogP contribution is 2.10. The number of nitrogens with zero attached hydrogens (tertiary/aromatic N) is 1. The molecule has 0 rings (SSSR count). The maximum Gasteiger partial charge on any atom is 0.222 e. The van der Waals surface area contributed by atoms with Crippen LogP contribution in [0.5, 0.6) is 0 Å². The lowest BCUT2D eigenvalue weighted by Gasteiger charge is -2.19. The van der Waals surface area contributed by atoms with Gasteiger partial charge < -0.3 is 4.90 Å². The van der Waals surface area contributed by atoms with Crippen LogP contribution in [0, 0.1) is 11.8 Å². The minimum atomic E-state index is 0.170. The van der Waals surface area contributed by atoms with E-state index in [0.717, 1.165) is 38.6 Å². The van der Waals surface area contributed by atoms with Crippen molar-refractivity contribution in [2.75, 3.05) is 13.6 Å². The first-order valence-electron chi connectivity index (χ1n) is 8.11. The third-order valence-corrected chi connectivity index (χ3v) is 3.52. The van der Waals surface area contributed by atoms with Gasteiger partial charge in [0.15, 0.2) is 0 Å². The van der Waals surface area contributed by atoms with Crippen LogP contribution in [0.3, 0.4) is 0 Å². The molecule has 0 saturated carbocycles. The molecule has 0 saturated heterocycles. The van der Waals surface area contributed by atoms with Gasteiger partial charge in [0.05, 0.1) is 0 Å². The zero-order chi connectivity index (χ0) is 15.5. The number of hydrogen-bond acceptors (Lipinski definition) is 2. The molecule has 0 aliphatic heterocycles. The van der Waals surface area contributed by atoms with E-state index in [1.807, 2.05) is 25.8 Å². The Morgan fingerprint density at radius 1 is 0.850 bits per heavy atom. The number of Topliss-reactive ketones (excluding diaryl/α,β-unsaturated/α-hetero) is 1. The first kappa shape index (κ1) is 19.1. The van der Waals surface area contributed by atoms with Gasteiger partial charge in [-0.15, -0.1) is 0 Å². The molecule has 3 heteroatoms. The summed E-state index contributed by atoms with van der Waals surface area (Å²) in [5.74, 6) is 1.33. The van der Waals surface area contributed by atoms with E-state index >= 15 is 0 Å². The van der Waals surface area contributed by atoms with Crippen LogP contribution in [-0.2, 0) is 9.59 Å². The standard InChI is InChI=1S/C17H33NO2/c1-14(2)13-18(5)17(20)12-10-8-6-7-9-11-16(19)15(3)4/h14-15H,6-13H2,1-5H3. The molecule has 0 N–H and O–H groups in total. The fourth-order valence-corrected chi connectivity index (χ4v) is 2.23. The van der Waals surface area contributed by atoms with E-state index in [0.29, 0.717) is 24.5 Å². The molecule has 3 nitrogen and oxygen atoms in total. The Bertz CT molecular complexity index is 285. The van der Waals surface area contributed by atoms with Crippen LogP contribution >= 0.6 is 0 Å². The fourth-order valence-electron chi connectivity index (χ4n) is 2.23. The zero-order valence-electron chi connectivity index (χ0n) is 14.1. The first-order chi connectivity index (χ1) is 9.34. The summed E-state index contributed by atoms with van der Waals surface area (Å²) in [5.41, 5.74) is 0. The second kappa shape index (κ2) is 10.9. The molecule has 0 aromatic rings. The predicted octanol–water partition coefficient (Wildman–Crippen LogP) is 4.06. The molecule has 0 aromatic carbocycles. The Morgan fingerprint density at radius 2 is 1.35 bits per heavy atom. The van der Waals surface area contributed by atoms with Crippen LogP contribution in [0.1, 0.15) is 72.6 Å². The van der Waals surface area contributed by atoms with Gasteiger partial charge in [-0.05, 0) is 18.8 Å². The second-order valence-electron chi connectivity index (χ2n) is 6.56. The van der Waals surface area contributed by atoms with Gasteiger partial charge in [0.2, 0.25) is 5.91 Å². The number of amides is 1. The van der Waals surface area contributed by atoms with Gasteiger partial charge in [0.25, 0.3) is 0 Å². The summed E-state index contributed by atoms with van der Waals surface area (Å²) in [6.07, 6.45) is 6.68. The summed E-state index contributed by atoms with van der Waals surface area (Å²) in [5, 5.41) is 0. The molecule has 20 heavy (non-hydrogen) atoms. The molecule has 0 bridgehead atoms. The SMILES string of the molecule is CC(C)CN(C)C(=O)CCCCCCCC(=O)C(C)C. The summed E-state index contributed by atoms with van der Waals surface area (Å²) in [7, 11) is 1.89. The predicted molar refractivity (Wildman–Crippen MR) is 84.6 cm³/mol. The summed E-state index contributed by atoms with van der Waals surface area (Å²) in [6.45, 7) is 9.02. The smallest absolute Gasteiger partial charge is 0.222 e. The van der Waals surface area contributed by atoms with E-state index in [-0.39, 0.29) is 11.8 Å². The molecule has 1 amide bonds. The number of ketones is 1. The lowest BCUT2D eigenvalue weighted by atomic mass is 10.0. The minimum Gasteiger partial charge on any atom is -0.346 e. The van der Waals surface area contributed by atoms with Crippen LogP contribution < -0.4 is 0 Å². The molecule has 118 valence electrons. The maximum atomic E-state index is 11.8. The third kappa shape index (κ3) is 9.99. The van der Waals surface area contributed by atoms with E-state index < -0.39 is 0 Å². The van der Waals surface area contributed by atoms with Crippen LogP contribution in [-0.4, -0.2) is 30.2 Å². The van der Waals surface area contributed by atoms with Crippen LogP contribution in [0.15, 0.2) is 0 Å². The molecule has 0 aliphatic carbocycles. The largest absolute Gasteiger partial charge is 0.346 e. The minimum absolute atomic E-state index is 0.170. The number of rotatable bonds is 11. The highest BCUT2D eigenvalue weighted by molar-refractivity contribution is 5.80. The van der Waals surface area contributed by atoms with E-state index in [1.165, 1.54) is 0 Å². The maximum absolute atomic E-state index is 11.8. The Labute approximate surface area is 125 Å². The average molecular weight is 283 g/mol. The third-order valence-electron chi connectivity index (χ3n) is 3.52. The van der Waals surface area contributed by atoms with E-state index in [2.05, 4.69) is 13.8 Å². The average Bonchev–Trinajstić information content (AvgIpc) is 2.35. The van der Waals surface area contributed by atoms with Crippen molar-refractivity contribution in [3.63, 3.8) is 0 Å². The number of unbranched alkanes of at least 4 members (excludes halogenated alkanes) is 4. The van der Waals surface area contributed by atoms with Crippen LogP contribution in [0.25, 0.3) is 0 Å². The molecule has 0 aromatic heterocycles. The Hall–Kier alpha value is -0.860. The molecule has 0 spiro atoms. The molecule has 0 radical (unpaired) electrons. The summed E-state index contributed by atoms with van der Waals surface area (Å²) in [4.78, 5) is 25.1. The van der Waals surface area contributed by atoms with Gasteiger partial charge >= 0.3 is 0 Å². The molecule has 0 aliphatic rings. The highest BCUT2D eigenvalue weighted by Gasteiger charge is 2.09. The van der Waals surface area contributed by atoms with Crippen molar-refractivity contribution in [1.82, 2.24) is 4.90 Å². The summed E-state index contributed by atoms with van der Waals surface area (Å²) in [6, 6.07) is 0. The Balaban J connectivity index is 3.48. The van der Waals surface area contributed by atoms with E-state index in [9.17, 15) is 9.59 Å². The molecular weight excluding hydrogens is 250 g/mol. The van der Waals surface area contributed by atoms with Crippen molar-refractivity contribution in [2.24, 2.45) is 11.8 Å². The Kier molecular flexibility index (Phi) is 10.4. The molecular formula is C17H33NO2. The van der Waals surface area contributed by atoms with E-state index in [1.54, 1.807) is 0 Å². The van der Waals surface area contributed by atoms with Crippen molar-refractivity contribution in [3.8, 4) is 0 Å². The van der Waals surface area contributed by atoms with Gasteiger partial charge in [-0.3, -0.25) is 9.59 Å². The second-order valence-corrected chi connectivity index (χ2v) is 6.56. The quantitative estimate of drug-likeness (QED) is 0.536. The monoisotopic (exact) mass is 283 g/mol. The topological polar surface area (TPSA) is 37.4 Å². The van der Waals surface area contributed by atoms with Crippen molar-refractivity contribution >= 4 is 11.7 Å². The summed E-state index contributed by atoms with van der Waals surface area (Å²) >= 11 is 0. The van der Waals surface area contributed by atoms with Gasteiger partial charge in [-0.2, -0.15) is 0 Å². The van der Waals surface area contributed by atoms with Gasteiger partial charge in [-0.25, -0.2) is 0 Å². The number of carbonyl (C=O) groups excluding carboxylic acids is 2. The van der Waals surface area contributed by atoms with Gasteiger partial charge in [-0.1, -0.05) is 47.0 Å². The van der Waals surface area contributed by atoms with Gasteiger partial charge in [0, 0.05) is 32.4 Å². The summed E-state index contributed by atoms with van der Waals surface area (Å²) < 4.78 is 0. The van der Waals surface area contributed by atoms with Crippen molar-refractivity contribution in [2.45, 2.75) is 72.6 Å². The van der Waals surface area contributed by atoms with Crippen LogP contribution in [0.2, 0.25) is 0 Å². The molecule has 0 unspecified atom stereocenters. The van der Waals surface area contributed by atoms with Crippen molar-refractivity contribution in [3.05, 3.63) is 0 Å². The van der Waals surface area contributed by atoms with Crippen molar-refractivity contribution in [1.29, 1.82) is 0 Å². The lowest BCUT2D eigenvalue weighted by Crippen LogP contribution is -2.29.